The lowest BCUT2D eigenvalue weighted by Crippen LogP contribution is -2.54. The highest BCUT2D eigenvalue weighted by atomic mass is 16.4. The van der Waals surface area contributed by atoms with Crippen LogP contribution in [0, 0.1) is 0 Å². The molecular formula is C14H27N3O2. The molecule has 5 nitrogen and oxygen atoms in total. The van der Waals surface area contributed by atoms with Crippen molar-refractivity contribution in [1.29, 1.82) is 0 Å². The van der Waals surface area contributed by atoms with Gasteiger partial charge >= 0.3 is 5.97 Å². The molecule has 2 rings (SSSR count). The second-order valence-corrected chi connectivity index (χ2v) is 6.07. The fourth-order valence-electron chi connectivity index (χ4n) is 3.25. The molecular weight excluding hydrogens is 242 g/mol. The number of piperazine rings is 1. The van der Waals surface area contributed by atoms with Gasteiger partial charge in [-0.3, -0.25) is 19.5 Å². The van der Waals surface area contributed by atoms with E-state index in [2.05, 4.69) is 28.5 Å². The average molecular weight is 269 g/mol. The van der Waals surface area contributed by atoms with Crippen LogP contribution in [0.15, 0.2) is 0 Å². The van der Waals surface area contributed by atoms with Crippen molar-refractivity contribution in [2.24, 2.45) is 0 Å². The highest BCUT2D eigenvalue weighted by Crippen LogP contribution is 2.18. The number of carboxylic acids is 1. The smallest absolute Gasteiger partial charge is 0.317 e. The predicted molar refractivity (Wildman–Crippen MR) is 75.4 cm³/mol. The van der Waals surface area contributed by atoms with Crippen LogP contribution in [-0.2, 0) is 4.79 Å². The Morgan fingerprint density at radius 2 is 1.68 bits per heavy atom. The van der Waals surface area contributed by atoms with Gasteiger partial charge in [-0.05, 0) is 26.7 Å². The lowest BCUT2D eigenvalue weighted by molar-refractivity contribution is -0.138. The molecule has 2 aliphatic heterocycles. The summed E-state index contributed by atoms with van der Waals surface area (Å²) in [5.41, 5.74) is 0. The van der Waals surface area contributed by atoms with Crippen molar-refractivity contribution in [1.82, 2.24) is 14.7 Å². The fraction of sp³-hybridized carbons (Fsp3) is 0.929. The summed E-state index contributed by atoms with van der Waals surface area (Å²) in [6.45, 7) is 11.3. The van der Waals surface area contributed by atoms with E-state index >= 15 is 0 Å². The van der Waals surface area contributed by atoms with Gasteiger partial charge in [0.25, 0.3) is 0 Å². The minimum atomic E-state index is -0.705. The van der Waals surface area contributed by atoms with Gasteiger partial charge in [0.1, 0.15) is 0 Å². The first-order chi connectivity index (χ1) is 9.06. The van der Waals surface area contributed by atoms with Crippen molar-refractivity contribution in [3.05, 3.63) is 0 Å². The van der Waals surface area contributed by atoms with Crippen LogP contribution in [0.5, 0.6) is 0 Å². The Labute approximate surface area is 116 Å². The summed E-state index contributed by atoms with van der Waals surface area (Å²) < 4.78 is 0. The zero-order valence-corrected chi connectivity index (χ0v) is 12.2. The van der Waals surface area contributed by atoms with E-state index in [1.54, 1.807) is 0 Å². The highest BCUT2D eigenvalue weighted by Gasteiger charge is 2.28. The standard InChI is InChI=1S/C14H27N3O2/c1-12(2)16-7-9-17(10-8-16)13-3-5-15(6-4-13)11-14(18)19/h12-13H,3-11H2,1-2H3,(H,18,19). The summed E-state index contributed by atoms with van der Waals surface area (Å²) in [6.07, 6.45) is 2.24. The van der Waals surface area contributed by atoms with Crippen LogP contribution in [0.1, 0.15) is 26.7 Å². The largest absolute Gasteiger partial charge is 0.480 e. The van der Waals surface area contributed by atoms with E-state index < -0.39 is 5.97 Å². The Kier molecular flexibility index (Phi) is 5.19. The van der Waals surface area contributed by atoms with Crippen LogP contribution in [0.3, 0.4) is 0 Å². The molecule has 0 saturated carbocycles. The second kappa shape index (κ2) is 6.68. The van der Waals surface area contributed by atoms with E-state index in [-0.39, 0.29) is 6.54 Å². The molecule has 1 N–H and O–H groups in total. The van der Waals surface area contributed by atoms with Gasteiger partial charge < -0.3 is 5.11 Å². The molecule has 0 spiro atoms. The molecule has 0 unspecified atom stereocenters. The Bertz CT molecular complexity index is 293. The molecule has 0 amide bonds. The fourth-order valence-corrected chi connectivity index (χ4v) is 3.25. The van der Waals surface area contributed by atoms with Crippen molar-refractivity contribution in [2.45, 2.75) is 38.8 Å². The maximum Gasteiger partial charge on any atom is 0.317 e. The maximum absolute atomic E-state index is 10.7. The summed E-state index contributed by atoms with van der Waals surface area (Å²) in [6, 6.07) is 1.32. The molecule has 0 bridgehead atoms. The van der Waals surface area contributed by atoms with E-state index in [4.69, 9.17) is 5.11 Å². The number of carbonyl (C=O) groups is 1. The van der Waals surface area contributed by atoms with E-state index in [9.17, 15) is 4.79 Å². The number of hydrogen-bond acceptors (Lipinski definition) is 4. The molecule has 2 aliphatic rings. The topological polar surface area (TPSA) is 47.0 Å². The van der Waals surface area contributed by atoms with Gasteiger partial charge in [0, 0.05) is 51.4 Å². The van der Waals surface area contributed by atoms with Crippen LogP contribution < -0.4 is 0 Å². The van der Waals surface area contributed by atoms with Crippen LogP contribution in [0.2, 0.25) is 0 Å². The Morgan fingerprint density at radius 3 is 2.16 bits per heavy atom. The lowest BCUT2D eigenvalue weighted by Gasteiger charge is -2.43. The Morgan fingerprint density at radius 1 is 1.11 bits per heavy atom. The summed E-state index contributed by atoms with van der Waals surface area (Å²) >= 11 is 0. The van der Waals surface area contributed by atoms with Crippen molar-refractivity contribution < 1.29 is 9.90 Å². The highest BCUT2D eigenvalue weighted by molar-refractivity contribution is 5.69. The van der Waals surface area contributed by atoms with E-state index in [1.807, 2.05) is 0 Å². The Hall–Kier alpha value is -0.650. The van der Waals surface area contributed by atoms with Crippen LogP contribution in [0.4, 0.5) is 0 Å². The number of carboxylic acid groups (broad SMARTS) is 1. The van der Waals surface area contributed by atoms with Gasteiger partial charge in [-0.15, -0.1) is 0 Å². The van der Waals surface area contributed by atoms with E-state index in [0.717, 1.165) is 25.9 Å². The molecule has 0 aromatic carbocycles. The first kappa shape index (κ1) is 14.8. The Balaban J connectivity index is 1.72. The van der Waals surface area contributed by atoms with E-state index in [1.165, 1.54) is 26.2 Å². The molecule has 19 heavy (non-hydrogen) atoms. The predicted octanol–water partition coefficient (Wildman–Crippen LogP) is 0.561. The molecule has 0 aromatic heterocycles. The van der Waals surface area contributed by atoms with E-state index in [0.29, 0.717) is 12.1 Å². The average Bonchev–Trinajstić information content (AvgIpc) is 2.39. The van der Waals surface area contributed by atoms with Crippen LogP contribution >= 0.6 is 0 Å². The van der Waals surface area contributed by atoms with Crippen LogP contribution in [-0.4, -0.2) is 83.7 Å². The minimum Gasteiger partial charge on any atom is -0.480 e. The number of aliphatic carboxylic acids is 1. The van der Waals surface area contributed by atoms with Gasteiger partial charge in [0.05, 0.1) is 6.54 Å². The molecule has 2 heterocycles. The third-order valence-corrected chi connectivity index (χ3v) is 4.51. The number of likely N-dealkylation sites (tertiary alicyclic amines) is 1. The molecule has 0 aromatic rings. The second-order valence-electron chi connectivity index (χ2n) is 6.07. The molecule has 110 valence electrons. The molecule has 0 aliphatic carbocycles. The lowest BCUT2D eigenvalue weighted by atomic mass is 10.0. The number of nitrogens with zero attached hydrogens (tertiary/aromatic N) is 3. The SMILES string of the molecule is CC(C)N1CCN(C2CCN(CC(=O)O)CC2)CC1. The van der Waals surface area contributed by atoms with Gasteiger partial charge in [-0.2, -0.15) is 0 Å². The normalized spacial score (nSPS) is 25.0. The first-order valence-electron chi connectivity index (χ1n) is 7.48. The zero-order chi connectivity index (χ0) is 13.8. The third kappa shape index (κ3) is 4.16. The van der Waals surface area contributed by atoms with Crippen molar-refractivity contribution >= 4 is 5.97 Å². The molecule has 5 heteroatoms. The van der Waals surface area contributed by atoms with Gasteiger partial charge in [0.2, 0.25) is 0 Å². The van der Waals surface area contributed by atoms with Crippen molar-refractivity contribution in [3.63, 3.8) is 0 Å². The molecule has 2 fully saturated rings. The summed E-state index contributed by atoms with van der Waals surface area (Å²) in [7, 11) is 0. The van der Waals surface area contributed by atoms with Crippen molar-refractivity contribution in [3.8, 4) is 0 Å². The summed E-state index contributed by atoms with van der Waals surface area (Å²) in [5, 5.41) is 8.80. The monoisotopic (exact) mass is 269 g/mol. The molecule has 0 radical (unpaired) electrons. The van der Waals surface area contributed by atoms with Gasteiger partial charge in [-0.1, -0.05) is 0 Å². The maximum atomic E-state index is 10.7. The molecule has 0 atom stereocenters. The molecule has 2 saturated heterocycles. The first-order valence-corrected chi connectivity index (χ1v) is 7.48. The zero-order valence-electron chi connectivity index (χ0n) is 12.2. The van der Waals surface area contributed by atoms with Gasteiger partial charge in [0.15, 0.2) is 0 Å². The number of rotatable bonds is 4. The van der Waals surface area contributed by atoms with Gasteiger partial charge in [-0.25, -0.2) is 0 Å². The third-order valence-electron chi connectivity index (χ3n) is 4.51. The number of hydrogen-bond donors (Lipinski definition) is 1. The summed E-state index contributed by atoms with van der Waals surface area (Å²) in [4.78, 5) is 17.9. The van der Waals surface area contributed by atoms with Crippen LogP contribution in [0.25, 0.3) is 0 Å². The minimum absolute atomic E-state index is 0.202. The quantitative estimate of drug-likeness (QED) is 0.808. The summed E-state index contributed by atoms with van der Waals surface area (Å²) in [5.74, 6) is -0.705. The van der Waals surface area contributed by atoms with Crippen molar-refractivity contribution in [2.75, 3.05) is 45.8 Å². The number of piperidine rings is 1.